The maximum absolute atomic E-state index is 12.2. The summed E-state index contributed by atoms with van der Waals surface area (Å²) in [6.45, 7) is 0.640. The Balaban J connectivity index is 1.89. The van der Waals surface area contributed by atoms with Gasteiger partial charge in [-0.15, -0.1) is 0 Å². The normalized spacial score (nSPS) is 14.2. The van der Waals surface area contributed by atoms with Gasteiger partial charge in [-0.1, -0.05) is 6.07 Å². The number of aryl methyl sites for hydroxylation is 1. The minimum Gasteiger partial charge on any atom is -0.493 e. The predicted octanol–water partition coefficient (Wildman–Crippen LogP) is 3.08. The SMILES string of the molecule is Cn1cc(-c2cc(CO)ccc2OCC2CC2)c2occc2c1=O. The van der Waals surface area contributed by atoms with Crippen LogP contribution < -0.4 is 10.3 Å². The zero-order chi connectivity index (χ0) is 16.7. The van der Waals surface area contributed by atoms with Gasteiger partial charge < -0.3 is 18.8 Å². The molecule has 1 aromatic carbocycles. The molecule has 0 radical (unpaired) electrons. The fraction of sp³-hybridized carbons (Fsp3) is 0.316. The van der Waals surface area contributed by atoms with E-state index in [0.29, 0.717) is 23.5 Å². The molecule has 24 heavy (non-hydrogen) atoms. The van der Waals surface area contributed by atoms with Gasteiger partial charge in [0.25, 0.3) is 5.56 Å². The molecule has 0 spiro atoms. The molecule has 0 bridgehead atoms. The minimum absolute atomic E-state index is 0.0526. The highest BCUT2D eigenvalue weighted by Gasteiger charge is 2.23. The number of fused-ring (bicyclic) bond motifs is 1. The van der Waals surface area contributed by atoms with Crippen LogP contribution in [0, 0.1) is 5.92 Å². The highest BCUT2D eigenvalue weighted by Crippen LogP contribution is 2.37. The molecular weight excluding hydrogens is 306 g/mol. The fourth-order valence-electron chi connectivity index (χ4n) is 2.88. The Morgan fingerprint density at radius 3 is 2.88 bits per heavy atom. The lowest BCUT2D eigenvalue weighted by Crippen LogP contribution is -2.15. The highest BCUT2D eigenvalue weighted by atomic mass is 16.5. The molecule has 4 rings (SSSR count). The second-order valence-electron chi connectivity index (χ2n) is 6.37. The number of furan rings is 1. The van der Waals surface area contributed by atoms with Gasteiger partial charge in [0.15, 0.2) is 0 Å². The summed E-state index contributed by atoms with van der Waals surface area (Å²) in [6, 6.07) is 7.31. The number of hydrogen-bond acceptors (Lipinski definition) is 4. The minimum atomic E-state index is -0.0961. The smallest absolute Gasteiger partial charge is 0.261 e. The summed E-state index contributed by atoms with van der Waals surface area (Å²) in [7, 11) is 1.72. The van der Waals surface area contributed by atoms with Crippen molar-refractivity contribution >= 4 is 11.0 Å². The zero-order valence-electron chi connectivity index (χ0n) is 13.5. The van der Waals surface area contributed by atoms with Crippen molar-refractivity contribution in [2.45, 2.75) is 19.4 Å². The van der Waals surface area contributed by atoms with Crippen molar-refractivity contribution < 1.29 is 14.3 Å². The number of hydrogen-bond donors (Lipinski definition) is 1. The van der Waals surface area contributed by atoms with E-state index in [4.69, 9.17) is 9.15 Å². The van der Waals surface area contributed by atoms with Crippen molar-refractivity contribution in [3.63, 3.8) is 0 Å². The van der Waals surface area contributed by atoms with Gasteiger partial charge in [0.2, 0.25) is 0 Å². The van der Waals surface area contributed by atoms with E-state index >= 15 is 0 Å². The Hall–Kier alpha value is -2.53. The largest absolute Gasteiger partial charge is 0.493 e. The first-order valence-electron chi connectivity index (χ1n) is 8.11. The highest BCUT2D eigenvalue weighted by molar-refractivity contribution is 5.93. The third-order valence-corrected chi connectivity index (χ3v) is 4.47. The summed E-state index contributed by atoms with van der Waals surface area (Å²) >= 11 is 0. The van der Waals surface area contributed by atoms with Crippen molar-refractivity contribution in [2.75, 3.05) is 6.61 Å². The van der Waals surface area contributed by atoms with Crippen LogP contribution >= 0.6 is 0 Å². The van der Waals surface area contributed by atoms with Gasteiger partial charge >= 0.3 is 0 Å². The van der Waals surface area contributed by atoms with E-state index in [-0.39, 0.29) is 12.2 Å². The van der Waals surface area contributed by atoms with Crippen LogP contribution in [0.4, 0.5) is 0 Å². The molecule has 1 aliphatic carbocycles. The number of benzene rings is 1. The van der Waals surface area contributed by atoms with Crippen LogP contribution in [0.25, 0.3) is 22.1 Å². The van der Waals surface area contributed by atoms with E-state index in [1.54, 1.807) is 23.9 Å². The number of ether oxygens (including phenoxy) is 1. The number of aliphatic hydroxyl groups excluding tert-OH is 1. The van der Waals surface area contributed by atoms with Crippen LogP contribution in [-0.2, 0) is 13.7 Å². The van der Waals surface area contributed by atoms with Crippen LogP contribution in [0.15, 0.2) is 45.9 Å². The lowest BCUT2D eigenvalue weighted by molar-refractivity contribution is 0.280. The lowest BCUT2D eigenvalue weighted by atomic mass is 10.0. The van der Waals surface area contributed by atoms with E-state index in [1.807, 2.05) is 18.2 Å². The first-order chi connectivity index (χ1) is 11.7. The second kappa shape index (κ2) is 5.83. The van der Waals surface area contributed by atoms with Crippen molar-refractivity contribution in [1.29, 1.82) is 0 Å². The molecule has 2 aromatic heterocycles. The Labute approximate surface area is 139 Å². The lowest BCUT2D eigenvalue weighted by Gasteiger charge is -2.14. The van der Waals surface area contributed by atoms with E-state index in [0.717, 1.165) is 22.4 Å². The summed E-state index contributed by atoms with van der Waals surface area (Å²) in [4.78, 5) is 12.2. The summed E-state index contributed by atoms with van der Waals surface area (Å²) in [6.07, 6.45) is 5.71. The van der Waals surface area contributed by atoms with Crippen LogP contribution in [0.3, 0.4) is 0 Å². The van der Waals surface area contributed by atoms with Gasteiger partial charge in [0.05, 0.1) is 24.9 Å². The van der Waals surface area contributed by atoms with E-state index in [2.05, 4.69) is 0 Å². The molecule has 1 N–H and O–H groups in total. The van der Waals surface area contributed by atoms with Gasteiger partial charge in [-0.25, -0.2) is 0 Å². The van der Waals surface area contributed by atoms with Crippen LogP contribution in [0.1, 0.15) is 18.4 Å². The van der Waals surface area contributed by atoms with Crippen molar-refractivity contribution in [3.8, 4) is 16.9 Å². The number of aliphatic hydroxyl groups is 1. The third kappa shape index (κ3) is 2.61. The molecule has 1 fully saturated rings. The van der Waals surface area contributed by atoms with Gasteiger partial charge in [0.1, 0.15) is 11.3 Å². The molecule has 0 aliphatic heterocycles. The molecule has 2 heterocycles. The van der Waals surface area contributed by atoms with E-state index < -0.39 is 0 Å². The van der Waals surface area contributed by atoms with Crippen LogP contribution in [0.2, 0.25) is 0 Å². The zero-order valence-corrected chi connectivity index (χ0v) is 13.5. The number of aromatic nitrogens is 1. The van der Waals surface area contributed by atoms with Gasteiger partial charge in [0, 0.05) is 24.4 Å². The molecule has 0 unspecified atom stereocenters. The average molecular weight is 325 g/mol. The van der Waals surface area contributed by atoms with Crippen LogP contribution in [-0.4, -0.2) is 16.3 Å². The monoisotopic (exact) mass is 325 g/mol. The fourth-order valence-corrected chi connectivity index (χ4v) is 2.88. The molecule has 3 aromatic rings. The van der Waals surface area contributed by atoms with E-state index in [9.17, 15) is 9.90 Å². The van der Waals surface area contributed by atoms with Gasteiger partial charge in [-0.3, -0.25) is 4.79 Å². The first-order valence-corrected chi connectivity index (χ1v) is 8.11. The summed E-state index contributed by atoms with van der Waals surface area (Å²) in [5, 5.41) is 10.0. The molecule has 0 atom stereocenters. The van der Waals surface area contributed by atoms with Crippen molar-refractivity contribution in [3.05, 3.63) is 52.6 Å². The Bertz CT molecular complexity index is 950. The summed E-state index contributed by atoms with van der Waals surface area (Å²) in [5.41, 5.74) is 2.86. The molecule has 124 valence electrons. The summed E-state index contributed by atoms with van der Waals surface area (Å²) in [5.74, 6) is 1.38. The Kier molecular flexibility index (Phi) is 3.65. The quantitative estimate of drug-likeness (QED) is 0.783. The standard InChI is InChI=1S/C19H19NO4/c1-20-9-16(18-14(19(20)22)6-7-23-18)15-8-13(10-21)4-5-17(15)24-11-12-2-3-12/h4-9,12,21H,2-3,10-11H2,1H3. The number of nitrogens with zero attached hydrogens (tertiary/aromatic N) is 1. The molecular formula is C19H19NO4. The molecule has 5 nitrogen and oxygen atoms in total. The van der Waals surface area contributed by atoms with Crippen LogP contribution in [0.5, 0.6) is 5.75 Å². The predicted molar refractivity (Wildman–Crippen MR) is 91.0 cm³/mol. The topological polar surface area (TPSA) is 64.6 Å². The maximum atomic E-state index is 12.2. The molecule has 5 heteroatoms. The summed E-state index contributed by atoms with van der Waals surface area (Å²) < 4.78 is 13.1. The Morgan fingerprint density at radius 1 is 1.29 bits per heavy atom. The molecule has 0 saturated heterocycles. The first kappa shape index (κ1) is 15.0. The molecule has 1 aliphatic rings. The average Bonchev–Trinajstić information content (AvgIpc) is 3.30. The molecule has 1 saturated carbocycles. The third-order valence-electron chi connectivity index (χ3n) is 4.47. The van der Waals surface area contributed by atoms with Crippen molar-refractivity contribution in [1.82, 2.24) is 4.57 Å². The second-order valence-corrected chi connectivity index (χ2v) is 6.37. The van der Waals surface area contributed by atoms with E-state index in [1.165, 1.54) is 19.1 Å². The van der Waals surface area contributed by atoms with Crippen molar-refractivity contribution in [2.24, 2.45) is 13.0 Å². The number of pyridine rings is 1. The Morgan fingerprint density at radius 2 is 2.12 bits per heavy atom. The maximum Gasteiger partial charge on any atom is 0.261 e. The van der Waals surface area contributed by atoms with Gasteiger partial charge in [-0.2, -0.15) is 0 Å². The molecule has 0 amide bonds. The van der Waals surface area contributed by atoms with Gasteiger partial charge in [-0.05, 0) is 42.5 Å². The number of rotatable bonds is 5.